The van der Waals surface area contributed by atoms with Gasteiger partial charge in [0, 0.05) is 20.7 Å². The lowest BCUT2D eigenvalue weighted by Gasteiger charge is -2.14. The van der Waals surface area contributed by atoms with Gasteiger partial charge in [0.25, 0.3) is 0 Å². The number of ketones is 1. The first-order valence-corrected chi connectivity index (χ1v) is 10.4. The van der Waals surface area contributed by atoms with Crippen LogP contribution in [0.25, 0.3) is 20.5 Å². The highest BCUT2D eigenvalue weighted by Crippen LogP contribution is 2.40. The largest absolute Gasteiger partial charge is 0.497 e. The Morgan fingerprint density at radius 3 is 2.19 bits per heavy atom. The molecule has 31 heavy (non-hydrogen) atoms. The third-order valence-electron chi connectivity index (χ3n) is 5.11. The van der Waals surface area contributed by atoms with E-state index in [-0.39, 0.29) is 5.78 Å². The molecule has 0 aliphatic carbocycles. The average molecular weight is 435 g/mol. The lowest BCUT2D eigenvalue weighted by Crippen LogP contribution is -2.07. The summed E-state index contributed by atoms with van der Waals surface area (Å²) < 4.78 is 22.7. The Morgan fingerprint density at radius 1 is 0.742 bits per heavy atom. The molecule has 0 saturated heterocycles. The Labute approximate surface area is 184 Å². The van der Waals surface area contributed by atoms with E-state index in [4.69, 9.17) is 18.9 Å². The maximum absolute atomic E-state index is 13.7. The van der Waals surface area contributed by atoms with E-state index in [1.807, 2.05) is 30.3 Å². The van der Waals surface area contributed by atoms with Crippen molar-refractivity contribution in [1.82, 2.24) is 0 Å². The fourth-order valence-corrected chi connectivity index (χ4v) is 4.67. The van der Waals surface area contributed by atoms with Gasteiger partial charge in [0.1, 0.15) is 11.5 Å². The van der Waals surface area contributed by atoms with Gasteiger partial charge in [0.05, 0.1) is 34.0 Å². The molecule has 0 aliphatic heterocycles. The molecule has 158 valence electrons. The minimum atomic E-state index is -0.167. The number of ether oxygens (including phenoxy) is 4. The molecule has 0 atom stereocenters. The number of rotatable bonds is 7. The zero-order valence-electron chi connectivity index (χ0n) is 17.7. The molecule has 0 bridgehead atoms. The van der Waals surface area contributed by atoms with Gasteiger partial charge in [0.15, 0.2) is 17.3 Å². The van der Waals surface area contributed by atoms with E-state index in [0.717, 1.165) is 26.3 Å². The number of methoxy groups -OCH3 is 4. The first-order chi connectivity index (χ1) is 15.1. The van der Waals surface area contributed by atoms with Crippen molar-refractivity contribution in [1.29, 1.82) is 0 Å². The Bertz CT molecular complexity index is 1260. The van der Waals surface area contributed by atoms with E-state index in [9.17, 15) is 4.79 Å². The van der Waals surface area contributed by atoms with E-state index in [1.54, 1.807) is 56.9 Å². The second kappa shape index (κ2) is 8.70. The van der Waals surface area contributed by atoms with Gasteiger partial charge in [0.2, 0.25) is 0 Å². The Hall–Kier alpha value is -3.51. The molecule has 0 spiro atoms. The van der Waals surface area contributed by atoms with Crippen molar-refractivity contribution < 1.29 is 23.7 Å². The molecule has 0 amide bonds. The van der Waals surface area contributed by atoms with Gasteiger partial charge >= 0.3 is 0 Å². The van der Waals surface area contributed by atoms with E-state index in [0.29, 0.717) is 28.4 Å². The van der Waals surface area contributed by atoms with Crippen molar-refractivity contribution in [2.75, 3.05) is 28.4 Å². The average Bonchev–Trinajstić information content (AvgIpc) is 3.25. The molecule has 6 heteroatoms. The maximum Gasteiger partial charge on any atom is 0.197 e. The van der Waals surface area contributed by atoms with Crippen LogP contribution in [0.1, 0.15) is 15.9 Å². The number of para-hydroxylation sites is 1. The third kappa shape index (κ3) is 3.82. The van der Waals surface area contributed by atoms with Gasteiger partial charge < -0.3 is 18.9 Å². The van der Waals surface area contributed by atoms with Crippen LogP contribution < -0.4 is 18.9 Å². The molecule has 3 aromatic carbocycles. The second-order valence-corrected chi connectivity index (χ2v) is 7.88. The van der Waals surface area contributed by atoms with E-state index in [2.05, 4.69) is 6.07 Å². The highest BCUT2D eigenvalue weighted by Gasteiger charge is 2.22. The van der Waals surface area contributed by atoms with Crippen molar-refractivity contribution in [3.8, 4) is 33.4 Å². The van der Waals surface area contributed by atoms with Crippen LogP contribution in [0.3, 0.4) is 0 Å². The van der Waals surface area contributed by atoms with E-state index >= 15 is 0 Å². The van der Waals surface area contributed by atoms with Crippen molar-refractivity contribution >= 4 is 27.2 Å². The van der Waals surface area contributed by atoms with Crippen LogP contribution in [0.15, 0.2) is 60.7 Å². The van der Waals surface area contributed by atoms with E-state index in [1.165, 1.54) is 7.11 Å². The van der Waals surface area contributed by atoms with E-state index < -0.39 is 0 Å². The summed E-state index contributed by atoms with van der Waals surface area (Å²) in [7, 11) is 6.31. The zero-order chi connectivity index (χ0) is 22.0. The van der Waals surface area contributed by atoms with Crippen LogP contribution in [0.2, 0.25) is 0 Å². The van der Waals surface area contributed by atoms with Gasteiger partial charge in [-0.3, -0.25) is 4.79 Å². The van der Waals surface area contributed by atoms with Crippen molar-refractivity contribution in [3.63, 3.8) is 0 Å². The number of fused-ring (bicyclic) bond motifs is 1. The fourth-order valence-electron chi connectivity index (χ4n) is 3.54. The lowest BCUT2D eigenvalue weighted by atomic mass is 9.96. The lowest BCUT2D eigenvalue weighted by molar-refractivity contribution is 0.103. The molecule has 4 aromatic rings. The molecule has 0 radical (unpaired) electrons. The topological polar surface area (TPSA) is 54.0 Å². The normalized spacial score (nSPS) is 10.7. The molecule has 1 aromatic heterocycles. The molecule has 0 N–H and O–H groups in total. The van der Waals surface area contributed by atoms with Gasteiger partial charge in [-0.05, 0) is 60.0 Å². The first-order valence-electron chi connectivity index (χ1n) is 9.61. The summed E-state index contributed by atoms with van der Waals surface area (Å²) in [6.45, 7) is 0. The van der Waals surface area contributed by atoms with Crippen LogP contribution in [-0.2, 0) is 0 Å². The van der Waals surface area contributed by atoms with Crippen LogP contribution in [0.4, 0.5) is 0 Å². The molecule has 1 heterocycles. The molecular weight excluding hydrogens is 412 g/mol. The number of carbonyl (C=O) groups is 1. The minimum absolute atomic E-state index is 0.167. The number of carbonyl (C=O) groups excluding carboxylic acids is 1. The van der Waals surface area contributed by atoms with Crippen LogP contribution in [0, 0.1) is 0 Å². The summed E-state index contributed by atoms with van der Waals surface area (Å²) in [5.74, 6) is 2.15. The van der Waals surface area contributed by atoms with Gasteiger partial charge in [-0.15, -0.1) is 11.3 Å². The van der Waals surface area contributed by atoms with Crippen molar-refractivity contribution in [2.45, 2.75) is 0 Å². The van der Waals surface area contributed by atoms with Crippen LogP contribution in [-0.4, -0.2) is 34.2 Å². The molecule has 5 nitrogen and oxygen atoms in total. The molecule has 0 aliphatic rings. The summed E-state index contributed by atoms with van der Waals surface area (Å²) in [6.07, 6.45) is 0. The molecule has 0 saturated carbocycles. The summed E-state index contributed by atoms with van der Waals surface area (Å²) in [6, 6.07) is 18.9. The highest BCUT2D eigenvalue weighted by molar-refractivity contribution is 7.22. The zero-order valence-corrected chi connectivity index (χ0v) is 18.5. The predicted molar refractivity (Wildman–Crippen MR) is 123 cm³/mol. The summed E-state index contributed by atoms with van der Waals surface area (Å²) in [4.78, 5) is 14.6. The van der Waals surface area contributed by atoms with Crippen molar-refractivity contribution in [2.24, 2.45) is 0 Å². The Balaban J connectivity index is 1.88. The van der Waals surface area contributed by atoms with Crippen LogP contribution >= 0.6 is 11.3 Å². The number of hydrogen-bond donors (Lipinski definition) is 0. The van der Waals surface area contributed by atoms with Gasteiger partial charge in [-0.2, -0.15) is 0 Å². The number of thiophene rings is 1. The number of hydrogen-bond acceptors (Lipinski definition) is 6. The number of benzene rings is 3. The minimum Gasteiger partial charge on any atom is -0.497 e. The predicted octanol–water partition coefficient (Wildman–Crippen LogP) is 5.83. The maximum atomic E-state index is 13.7. The third-order valence-corrected chi connectivity index (χ3v) is 6.24. The summed E-state index contributed by atoms with van der Waals surface area (Å²) >= 11 is 1.61. The van der Waals surface area contributed by atoms with Crippen molar-refractivity contribution in [3.05, 3.63) is 71.8 Å². The molecular formula is C25H22O5S. The standard InChI is InChI=1S/C25H22O5S/c1-27-16-10-11-18(23-12-15-8-9-17(28-2)14-22(15)31-23)20(13-16)24(26)19-6-5-7-21(29-3)25(19)30-4/h5-14H,1-4H3. The quantitative estimate of drug-likeness (QED) is 0.342. The SMILES string of the molecule is COc1ccc(-c2cc3ccc(OC)cc3s2)c(C(=O)c2cccc(OC)c2OC)c1. The molecule has 0 unspecified atom stereocenters. The highest BCUT2D eigenvalue weighted by atomic mass is 32.1. The monoisotopic (exact) mass is 434 g/mol. The fraction of sp³-hybridized carbons (Fsp3) is 0.160. The molecule has 4 rings (SSSR count). The van der Waals surface area contributed by atoms with Gasteiger partial charge in [-0.1, -0.05) is 6.07 Å². The van der Waals surface area contributed by atoms with Crippen LogP contribution in [0.5, 0.6) is 23.0 Å². The first kappa shape index (κ1) is 20.8. The summed E-state index contributed by atoms with van der Waals surface area (Å²) in [5, 5.41) is 1.09. The second-order valence-electron chi connectivity index (χ2n) is 6.80. The molecule has 0 fully saturated rings. The summed E-state index contributed by atoms with van der Waals surface area (Å²) in [5.41, 5.74) is 1.79. The Kier molecular flexibility index (Phi) is 5.82. The van der Waals surface area contributed by atoms with Gasteiger partial charge in [-0.25, -0.2) is 0 Å². The Morgan fingerprint density at radius 2 is 1.48 bits per heavy atom. The smallest absolute Gasteiger partial charge is 0.197 e.